The highest BCUT2D eigenvalue weighted by Gasteiger charge is 2.13. The Morgan fingerprint density at radius 3 is 2.64 bits per heavy atom. The van der Waals surface area contributed by atoms with Gasteiger partial charge in [-0.25, -0.2) is 9.66 Å². The number of carbonyl (C=O) groups is 1. The molecule has 0 aliphatic carbocycles. The van der Waals surface area contributed by atoms with Crippen molar-refractivity contribution in [1.29, 1.82) is 0 Å². The number of nitrogens with one attached hydrogen (secondary N) is 1. The molecule has 0 aliphatic rings. The summed E-state index contributed by atoms with van der Waals surface area (Å²) < 4.78 is 0.987. The highest BCUT2D eigenvalue weighted by molar-refractivity contribution is 7.99. The van der Waals surface area contributed by atoms with Crippen molar-refractivity contribution in [2.75, 3.05) is 11.6 Å². The van der Waals surface area contributed by atoms with E-state index >= 15 is 0 Å². The van der Waals surface area contributed by atoms with Gasteiger partial charge in [0.25, 0.3) is 5.56 Å². The van der Waals surface area contributed by atoms with Gasteiger partial charge in [-0.1, -0.05) is 54.2 Å². The molecule has 1 amide bonds. The molecule has 6 nitrogen and oxygen atoms in total. The van der Waals surface area contributed by atoms with Gasteiger partial charge in [0.15, 0.2) is 5.16 Å². The lowest BCUT2D eigenvalue weighted by Gasteiger charge is -2.14. The molecule has 1 aromatic heterocycles. The maximum atomic E-state index is 12.2. The molecule has 3 N–H and O–H groups in total. The maximum Gasteiger partial charge on any atom is 0.280 e. The first-order valence-corrected chi connectivity index (χ1v) is 8.79. The number of fused-ring (bicyclic) bond motifs is 1. The minimum atomic E-state index is -0.328. The lowest BCUT2D eigenvalue weighted by Crippen LogP contribution is -2.31. The molecule has 0 radical (unpaired) electrons. The van der Waals surface area contributed by atoms with E-state index in [1.807, 2.05) is 37.3 Å². The quantitative estimate of drug-likeness (QED) is 0.416. The van der Waals surface area contributed by atoms with E-state index in [1.165, 1.54) is 0 Å². The lowest BCUT2D eigenvalue weighted by atomic mass is 10.1. The number of rotatable bonds is 5. The van der Waals surface area contributed by atoms with Gasteiger partial charge in [-0.2, -0.15) is 0 Å². The monoisotopic (exact) mass is 354 g/mol. The first-order valence-electron chi connectivity index (χ1n) is 7.80. The van der Waals surface area contributed by atoms with Gasteiger partial charge in [0.1, 0.15) is 0 Å². The molecule has 1 atom stereocenters. The highest BCUT2D eigenvalue weighted by atomic mass is 32.2. The Hall–Kier alpha value is -2.80. The fourth-order valence-corrected chi connectivity index (χ4v) is 3.19. The Bertz CT molecular complexity index is 956. The minimum Gasteiger partial charge on any atom is -0.349 e. The third kappa shape index (κ3) is 3.83. The molecule has 0 saturated carbocycles. The fraction of sp³-hybridized carbons (Fsp3) is 0.167. The van der Waals surface area contributed by atoms with Crippen molar-refractivity contribution in [3.8, 4) is 0 Å². The van der Waals surface area contributed by atoms with Gasteiger partial charge >= 0.3 is 0 Å². The highest BCUT2D eigenvalue weighted by Crippen LogP contribution is 2.17. The number of hydrogen-bond acceptors (Lipinski definition) is 5. The molecule has 3 aromatic rings. The zero-order valence-electron chi connectivity index (χ0n) is 13.7. The van der Waals surface area contributed by atoms with E-state index in [4.69, 9.17) is 5.84 Å². The van der Waals surface area contributed by atoms with Crippen molar-refractivity contribution in [1.82, 2.24) is 15.0 Å². The number of amides is 1. The molecule has 1 heterocycles. The number of thioether (sulfide) groups is 1. The predicted molar refractivity (Wildman–Crippen MR) is 99.9 cm³/mol. The van der Waals surface area contributed by atoms with E-state index in [0.717, 1.165) is 22.0 Å². The molecule has 0 saturated heterocycles. The van der Waals surface area contributed by atoms with E-state index in [1.54, 1.807) is 24.3 Å². The molecule has 3 rings (SSSR count). The number of para-hydroxylation sites is 1. The third-order valence-electron chi connectivity index (χ3n) is 3.78. The predicted octanol–water partition coefficient (Wildman–Crippen LogP) is 2.08. The molecule has 0 bridgehead atoms. The number of benzene rings is 2. The molecule has 7 heteroatoms. The Morgan fingerprint density at radius 1 is 1.20 bits per heavy atom. The molecular weight excluding hydrogens is 336 g/mol. The number of hydrogen-bond donors (Lipinski definition) is 2. The van der Waals surface area contributed by atoms with E-state index in [0.29, 0.717) is 16.1 Å². The smallest absolute Gasteiger partial charge is 0.280 e. The second-order valence-corrected chi connectivity index (χ2v) is 6.52. The van der Waals surface area contributed by atoms with Gasteiger partial charge in [-0.15, -0.1) is 0 Å². The fourth-order valence-electron chi connectivity index (χ4n) is 2.47. The minimum absolute atomic E-state index is 0.0982. The van der Waals surface area contributed by atoms with Gasteiger partial charge in [-0.05, 0) is 24.6 Å². The summed E-state index contributed by atoms with van der Waals surface area (Å²) in [6.45, 7) is 1.92. The number of carbonyl (C=O) groups excluding carboxylic acids is 1. The number of aromatic nitrogens is 2. The second-order valence-electron chi connectivity index (χ2n) is 5.58. The van der Waals surface area contributed by atoms with Gasteiger partial charge in [0.2, 0.25) is 5.91 Å². The summed E-state index contributed by atoms with van der Waals surface area (Å²) in [5, 5.41) is 3.69. The van der Waals surface area contributed by atoms with Crippen LogP contribution in [0.1, 0.15) is 18.5 Å². The van der Waals surface area contributed by atoms with Crippen LogP contribution < -0.4 is 16.7 Å². The Morgan fingerprint density at radius 2 is 1.88 bits per heavy atom. The summed E-state index contributed by atoms with van der Waals surface area (Å²) >= 11 is 1.14. The molecule has 2 aromatic carbocycles. The third-order valence-corrected chi connectivity index (χ3v) is 4.74. The zero-order valence-corrected chi connectivity index (χ0v) is 14.5. The molecule has 25 heavy (non-hydrogen) atoms. The largest absolute Gasteiger partial charge is 0.349 e. The van der Waals surface area contributed by atoms with Crippen molar-refractivity contribution in [2.24, 2.45) is 0 Å². The van der Waals surface area contributed by atoms with Crippen LogP contribution in [0.3, 0.4) is 0 Å². The van der Waals surface area contributed by atoms with Crippen LogP contribution in [-0.2, 0) is 4.79 Å². The summed E-state index contributed by atoms with van der Waals surface area (Å²) in [6, 6.07) is 16.6. The average Bonchev–Trinajstić information content (AvgIpc) is 2.64. The first-order chi connectivity index (χ1) is 12.1. The van der Waals surface area contributed by atoms with Crippen LogP contribution in [0.25, 0.3) is 10.9 Å². The summed E-state index contributed by atoms with van der Waals surface area (Å²) in [5.41, 5.74) is 1.27. The molecule has 0 fully saturated rings. The summed E-state index contributed by atoms with van der Waals surface area (Å²) in [4.78, 5) is 28.8. The van der Waals surface area contributed by atoms with Gasteiger partial charge < -0.3 is 11.2 Å². The van der Waals surface area contributed by atoms with Crippen LogP contribution in [0.2, 0.25) is 0 Å². The molecule has 128 valence electrons. The van der Waals surface area contributed by atoms with E-state index in [9.17, 15) is 9.59 Å². The zero-order chi connectivity index (χ0) is 17.8. The van der Waals surface area contributed by atoms with Crippen molar-refractivity contribution in [3.63, 3.8) is 0 Å². The first kappa shape index (κ1) is 17.0. The topological polar surface area (TPSA) is 90.0 Å². The number of nitrogens with zero attached hydrogens (tertiary/aromatic N) is 2. The van der Waals surface area contributed by atoms with Crippen molar-refractivity contribution >= 4 is 28.6 Å². The average molecular weight is 354 g/mol. The van der Waals surface area contributed by atoms with Crippen LogP contribution in [0, 0.1) is 0 Å². The SMILES string of the molecule is C[C@H](NC(=O)CSc1nc2ccccc2c(=O)n1N)c1ccccc1. The van der Waals surface area contributed by atoms with Crippen LogP contribution in [0.4, 0.5) is 0 Å². The van der Waals surface area contributed by atoms with Crippen LogP contribution in [0.5, 0.6) is 0 Å². The van der Waals surface area contributed by atoms with E-state index in [-0.39, 0.29) is 23.3 Å². The lowest BCUT2D eigenvalue weighted by molar-refractivity contribution is -0.119. The van der Waals surface area contributed by atoms with Gasteiger partial charge in [0, 0.05) is 0 Å². The maximum absolute atomic E-state index is 12.2. The van der Waals surface area contributed by atoms with Crippen molar-refractivity contribution < 1.29 is 4.79 Å². The van der Waals surface area contributed by atoms with Gasteiger partial charge in [-0.3, -0.25) is 9.59 Å². The number of nitrogens with two attached hydrogens (primary N) is 1. The van der Waals surface area contributed by atoms with Crippen molar-refractivity contribution in [3.05, 3.63) is 70.5 Å². The van der Waals surface area contributed by atoms with Crippen LogP contribution in [-0.4, -0.2) is 21.3 Å². The van der Waals surface area contributed by atoms with Crippen LogP contribution >= 0.6 is 11.8 Å². The molecule has 0 spiro atoms. The Kier molecular flexibility index (Phi) is 5.04. The number of nitrogen functional groups attached to an aromatic ring is 1. The Labute approximate surface area is 149 Å². The summed E-state index contributed by atoms with van der Waals surface area (Å²) in [5.74, 6) is 5.79. The summed E-state index contributed by atoms with van der Waals surface area (Å²) in [7, 11) is 0. The van der Waals surface area contributed by atoms with E-state index < -0.39 is 0 Å². The van der Waals surface area contributed by atoms with Gasteiger partial charge in [0.05, 0.1) is 22.7 Å². The van der Waals surface area contributed by atoms with Crippen molar-refractivity contribution in [2.45, 2.75) is 18.1 Å². The standard InChI is InChI=1S/C18H18N4O2S/c1-12(13-7-3-2-4-8-13)20-16(23)11-25-18-21-15-10-6-5-9-14(15)17(24)22(18)19/h2-10,12H,11,19H2,1H3,(H,20,23)/t12-/m0/s1. The second kappa shape index (κ2) is 7.40. The molecular formula is C18H18N4O2S. The Balaban J connectivity index is 1.69. The van der Waals surface area contributed by atoms with E-state index in [2.05, 4.69) is 10.3 Å². The molecule has 0 unspecified atom stereocenters. The molecule has 0 aliphatic heterocycles. The normalized spacial score (nSPS) is 12.0. The van der Waals surface area contributed by atoms with Crippen LogP contribution in [0.15, 0.2) is 64.5 Å². The summed E-state index contributed by atoms with van der Waals surface area (Å²) in [6.07, 6.45) is 0.